The Balaban J connectivity index is 2.01. The van der Waals surface area contributed by atoms with Crippen molar-refractivity contribution in [3.05, 3.63) is 55.1 Å². The molecule has 0 radical (unpaired) electrons. The summed E-state index contributed by atoms with van der Waals surface area (Å²) in [6, 6.07) is 14.5. The summed E-state index contributed by atoms with van der Waals surface area (Å²) in [5, 5.41) is 2.50. The number of benzene rings is 2. The lowest BCUT2D eigenvalue weighted by Crippen LogP contribution is -1.83. The molecule has 0 aliphatic heterocycles. The van der Waals surface area contributed by atoms with Gasteiger partial charge < -0.3 is 9.40 Å². The standard InChI is InChI=1S/C17H10N2O/c1-3-10-6-7-11(13-5-2-8-20-13)15-14(10)12(4-1)16-17(15)19-9-18-16/h1-9H,(H,18,19). The number of furan rings is 1. The maximum Gasteiger partial charge on any atom is 0.134 e. The third kappa shape index (κ3) is 1.08. The predicted octanol–water partition coefficient (Wildman–Crippen LogP) is 4.47. The SMILES string of the molecule is c1coc(-c2ccc3cccc4c3c2-c2[nH]cnc2-4)c1. The van der Waals surface area contributed by atoms with Crippen LogP contribution in [0.5, 0.6) is 0 Å². The van der Waals surface area contributed by atoms with Gasteiger partial charge in [0.25, 0.3) is 0 Å². The first-order valence-corrected chi connectivity index (χ1v) is 6.57. The highest BCUT2D eigenvalue weighted by Crippen LogP contribution is 2.49. The zero-order valence-electron chi connectivity index (χ0n) is 10.6. The van der Waals surface area contributed by atoms with Crippen LogP contribution >= 0.6 is 0 Å². The van der Waals surface area contributed by atoms with Crippen LogP contribution in [0.4, 0.5) is 0 Å². The third-order valence-electron chi connectivity index (χ3n) is 3.98. The molecule has 0 saturated heterocycles. The zero-order valence-corrected chi connectivity index (χ0v) is 10.6. The van der Waals surface area contributed by atoms with Crippen molar-refractivity contribution in [1.29, 1.82) is 0 Å². The average Bonchev–Trinajstić information content (AvgIpc) is 3.19. The molecule has 2 aromatic heterocycles. The second-order valence-electron chi connectivity index (χ2n) is 5.00. The van der Waals surface area contributed by atoms with Crippen molar-refractivity contribution in [1.82, 2.24) is 9.97 Å². The van der Waals surface area contributed by atoms with E-state index in [0.717, 1.165) is 22.7 Å². The van der Waals surface area contributed by atoms with Gasteiger partial charge in [-0.15, -0.1) is 0 Å². The van der Waals surface area contributed by atoms with Gasteiger partial charge in [-0.25, -0.2) is 4.98 Å². The summed E-state index contributed by atoms with van der Waals surface area (Å²) in [7, 11) is 0. The van der Waals surface area contributed by atoms with E-state index < -0.39 is 0 Å². The molecular weight excluding hydrogens is 248 g/mol. The molecule has 94 valence electrons. The van der Waals surface area contributed by atoms with Gasteiger partial charge in [0.05, 0.1) is 24.0 Å². The maximum absolute atomic E-state index is 5.59. The molecule has 1 aliphatic rings. The second kappa shape index (κ2) is 3.39. The number of nitrogens with zero attached hydrogens (tertiary/aromatic N) is 1. The molecule has 2 aromatic carbocycles. The fourth-order valence-electron chi connectivity index (χ4n) is 3.16. The number of aromatic amines is 1. The maximum atomic E-state index is 5.59. The summed E-state index contributed by atoms with van der Waals surface area (Å²) in [5.41, 5.74) is 5.62. The normalized spacial score (nSPS) is 12.0. The van der Waals surface area contributed by atoms with Crippen molar-refractivity contribution in [3.8, 4) is 33.8 Å². The van der Waals surface area contributed by atoms with Crippen LogP contribution in [0.15, 0.2) is 59.5 Å². The van der Waals surface area contributed by atoms with E-state index in [1.165, 1.54) is 21.9 Å². The van der Waals surface area contributed by atoms with E-state index in [0.29, 0.717) is 0 Å². The first-order chi connectivity index (χ1) is 9.93. The number of hydrogen-bond acceptors (Lipinski definition) is 2. The second-order valence-corrected chi connectivity index (χ2v) is 5.00. The number of H-pyrrole nitrogens is 1. The summed E-state index contributed by atoms with van der Waals surface area (Å²) >= 11 is 0. The van der Waals surface area contributed by atoms with Crippen molar-refractivity contribution in [2.24, 2.45) is 0 Å². The molecule has 2 heterocycles. The molecule has 4 aromatic rings. The summed E-state index contributed by atoms with van der Waals surface area (Å²) in [6.45, 7) is 0. The summed E-state index contributed by atoms with van der Waals surface area (Å²) in [4.78, 5) is 7.75. The summed E-state index contributed by atoms with van der Waals surface area (Å²) in [6.07, 6.45) is 3.46. The Morgan fingerprint density at radius 2 is 1.95 bits per heavy atom. The van der Waals surface area contributed by atoms with Crippen molar-refractivity contribution >= 4 is 10.8 Å². The molecule has 0 bridgehead atoms. The minimum atomic E-state index is 0.888. The van der Waals surface area contributed by atoms with Gasteiger partial charge in [-0.2, -0.15) is 0 Å². The molecule has 0 spiro atoms. The quantitative estimate of drug-likeness (QED) is 0.482. The molecule has 3 heteroatoms. The van der Waals surface area contributed by atoms with E-state index in [1.54, 1.807) is 12.6 Å². The topological polar surface area (TPSA) is 41.8 Å². The van der Waals surface area contributed by atoms with Gasteiger partial charge in [0, 0.05) is 22.1 Å². The molecule has 0 fully saturated rings. The van der Waals surface area contributed by atoms with Gasteiger partial charge in [-0.05, 0) is 23.6 Å². The van der Waals surface area contributed by atoms with Crippen LogP contribution in [-0.4, -0.2) is 9.97 Å². The number of rotatable bonds is 1. The zero-order chi connectivity index (χ0) is 13.1. The molecule has 0 unspecified atom stereocenters. The minimum absolute atomic E-state index is 0.888. The van der Waals surface area contributed by atoms with Crippen molar-refractivity contribution < 1.29 is 4.42 Å². The van der Waals surface area contributed by atoms with Crippen LogP contribution in [0.25, 0.3) is 44.6 Å². The number of aromatic nitrogens is 2. The lowest BCUT2D eigenvalue weighted by molar-refractivity contribution is 0.582. The van der Waals surface area contributed by atoms with Crippen molar-refractivity contribution in [2.45, 2.75) is 0 Å². The molecule has 3 nitrogen and oxygen atoms in total. The van der Waals surface area contributed by atoms with E-state index in [1.807, 2.05) is 12.1 Å². The Bertz CT molecular complexity index is 948. The smallest absolute Gasteiger partial charge is 0.134 e. The fourth-order valence-corrected chi connectivity index (χ4v) is 3.16. The number of imidazole rings is 1. The van der Waals surface area contributed by atoms with Crippen LogP contribution in [0, 0.1) is 0 Å². The van der Waals surface area contributed by atoms with E-state index in [2.05, 4.69) is 40.3 Å². The molecule has 0 atom stereocenters. The van der Waals surface area contributed by atoms with Crippen LogP contribution in [-0.2, 0) is 0 Å². The van der Waals surface area contributed by atoms with Gasteiger partial charge in [-0.1, -0.05) is 24.3 Å². The van der Waals surface area contributed by atoms with E-state index >= 15 is 0 Å². The summed E-state index contributed by atoms with van der Waals surface area (Å²) in [5.74, 6) is 0.888. The fraction of sp³-hybridized carbons (Fsp3) is 0. The largest absolute Gasteiger partial charge is 0.464 e. The van der Waals surface area contributed by atoms with Gasteiger partial charge >= 0.3 is 0 Å². The molecule has 1 N–H and O–H groups in total. The molecule has 20 heavy (non-hydrogen) atoms. The first-order valence-electron chi connectivity index (χ1n) is 6.57. The number of fused-ring (bicyclic) bond motifs is 3. The molecule has 5 rings (SSSR count). The van der Waals surface area contributed by atoms with E-state index in [4.69, 9.17) is 4.42 Å². The molecule has 0 amide bonds. The van der Waals surface area contributed by atoms with E-state index in [-0.39, 0.29) is 0 Å². The predicted molar refractivity (Wildman–Crippen MR) is 78.2 cm³/mol. The summed E-state index contributed by atoms with van der Waals surface area (Å²) < 4.78 is 5.59. The Hall–Kier alpha value is -2.81. The van der Waals surface area contributed by atoms with Gasteiger partial charge in [0.2, 0.25) is 0 Å². The highest BCUT2D eigenvalue weighted by atomic mass is 16.3. The Labute approximate surface area is 114 Å². The Morgan fingerprint density at radius 1 is 0.950 bits per heavy atom. The first kappa shape index (κ1) is 10.0. The minimum Gasteiger partial charge on any atom is -0.464 e. The van der Waals surface area contributed by atoms with Crippen molar-refractivity contribution in [3.63, 3.8) is 0 Å². The number of nitrogens with one attached hydrogen (secondary N) is 1. The molecule has 1 aliphatic carbocycles. The van der Waals surface area contributed by atoms with Gasteiger partial charge in [-0.3, -0.25) is 0 Å². The average molecular weight is 258 g/mol. The lowest BCUT2D eigenvalue weighted by atomic mass is 9.98. The van der Waals surface area contributed by atoms with E-state index in [9.17, 15) is 0 Å². The van der Waals surface area contributed by atoms with Crippen LogP contribution in [0.3, 0.4) is 0 Å². The highest BCUT2D eigenvalue weighted by molar-refractivity contribution is 6.17. The van der Waals surface area contributed by atoms with Crippen LogP contribution in [0.1, 0.15) is 0 Å². The lowest BCUT2D eigenvalue weighted by Gasteiger charge is -2.07. The van der Waals surface area contributed by atoms with Crippen LogP contribution in [0.2, 0.25) is 0 Å². The monoisotopic (exact) mass is 258 g/mol. The molecular formula is C17H10N2O. The number of hydrogen-bond donors (Lipinski definition) is 1. The van der Waals surface area contributed by atoms with Crippen LogP contribution < -0.4 is 0 Å². The Kier molecular flexibility index (Phi) is 1.70. The molecule has 0 saturated carbocycles. The van der Waals surface area contributed by atoms with Crippen molar-refractivity contribution in [2.75, 3.05) is 0 Å². The third-order valence-corrected chi connectivity index (χ3v) is 3.98. The van der Waals surface area contributed by atoms with Gasteiger partial charge in [0.15, 0.2) is 0 Å². The highest BCUT2D eigenvalue weighted by Gasteiger charge is 2.27. The Morgan fingerprint density at radius 3 is 2.85 bits per heavy atom. The van der Waals surface area contributed by atoms with Gasteiger partial charge in [0.1, 0.15) is 5.76 Å².